The Morgan fingerprint density at radius 2 is 1.35 bits per heavy atom. The Labute approximate surface area is 121 Å². The zero-order valence-electron chi connectivity index (χ0n) is 12.4. The molecule has 2 nitrogen and oxygen atoms in total. The minimum atomic E-state index is 1.03. The van der Waals surface area contributed by atoms with Crippen LogP contribution in [0.5, 0.6) is 0 Å². The van der Waals surface area contributed by atoms with Crippen LogP contribution in [0.1, 0.15) is 25.0 Å². The van der Waals surface area contributed by atoms with E-state index in [4.69, 9.17) is 0 Å². The minimum Gasteiger partial charge on any atom is -0.372 e. The largest absolute Gasteiger partial charge is 0.372 e. The van der Waals surface area contributed by atoms with Crippen LogP contribution in [0, 0.1) is 11.8 Å². The number of anilines is 1. The van der Waals surface area contributed by atoms with Gasteiger partial charge in [0.25, 0.3) is 0 Å². The first-order valence-corrected chi connectivity index (χ1v) is 7.05. The maximum Gasteiger partial charge on any atom is 0.169 e. The van der Waals surface area contributed by atoms with Gasteiger partial charge in [0.05, 0.1) is 0 Å². The maximum atomic E-state index is 3.20. The van der Waals surface area contributed by atoms with E-state index in [0.717, 1.165) is 24.2 Å². The molecular formula is C18H21N2+. The van der Waals surface area contributed by atoms with E-state index in [9.17, 15) is 0 Å². The molecule has 1 heterocycles. The van der Waals surface area contributed by atoms with E-state index in [1.54, 1.807) is 0 Å². The molecule has 20 heavy (non-hydrogen) atoms. The van der Waals surface area contributed by atoms with Gasteiger partial charge < -0.3 is 4.90 Å². The van der Waals surface area contributed by atoms with E-state index in [-0.39, 0.29) is 0 Å². The van der Waals surface area contributed by atoms with Gasteiger partial charge in [0.15, 0.2) is 12.4 Å². The van der Waals surface area contributed by atoms with Crippen LogP contribution in [0.4, 0.5) is 5.69 Å². The number of hydrogen-bond acceptors (Lipinski definition) is 1. The van der Waals surface area contributed by atoms with Gasteiger partial charge in [0.2, 0.25) is 0 Å². The highest BCUT2D eigenvalue weighted by Crippen LogP contribution is 2.14. The third kappa shape index (κ3) is 3.61. The molecule has 2 aromatic rings. The van der Waals surface area contributed by atoms with Gasteiger partial charge in [-0.2, -0.15) is 0 Å². The third-order valence-electron chi connectivity index (χ3n) is 3.33. The Balaban J connectivity index is 2.13. The molecule has 1 aromatic carbocycles. The molecule has 0 aliphatic rings. The number of aromatic nitrogens is 1. The summed E-state index contributed by atoms with van der Waals surface area (Å²) in [6.07, 6.45) is 4.01. The summed E-state index contributed by atoms with van der Waals surface area (Å²) in [5.41, 5.74) is 3.34. The lowest BCUT2D eigenvalue weighted by atomic mass is 10.2. The van der Waals surface area contributed by atoms with Gasteiger partial charge in [-0.1, -0.05) is 11.8 Å². The zero-order valence-corrected chi connectivity index (χ0v) is 12.4. The second-order valence-electron chi connectivity index (χ2n) is 4.72. The number of hydrogen-bond donors (Lipinski definition) is 0. The lowest BCUT2D eigenvalue weighted by Gasteiger charge is -2.20. The first-order valence-electron chi connectivity index (χ1n) is 7.05. The normalized spacial score (nSPS) is 9.75. The number of aryl methyl sites for hydroxylation is 1. The summed E-state index contributed by atoms with van der Waals surface area (Å²) in [5.74, 6) is 6.39. The first-order chi connectivity index (χ1) is 9.72. The van der Waals surface area contributed by atoms with Crippen molar-refractivity contribution in [2.45, 2.75) is 13.8 Å². The topological polar surface area (TPSA) is 7.12 Å². The van der Waals surface area contributed by atoms with Crippen LogP contribution in [0.3, 0.4) is 0 Å². The molecule has 0 saturated heterocycles. The van der Waals surface area contributed by atoms with E-state index in [2.05, 4.69) is 54.9 Å². The zero-order chi connectivity index (χ0) is 14.4. The van der Waals surface area contributed by atoms with Gasteiger partial charge in [-0.05, 0) is 38.1 Å². The molecule has 0 unspecified atom stereocenters. The summed E-state index contributed by atoms with van der Waals surface area (Å²) in [4.78, 5) is 2.33. The fraction of sp³-hybridized carbons (Fsp3) is 0.278. The van der Waals surface area contributed by atoms with Crippen LogP contribution in [-0.2, 0) is 7.05 Å². The molecule has 1 aromatic heterocycles. The standard InChI is InChI=1S/C18H21N2/c1-4-20(5-2)18-10-8-16(9-11-18)6-7-17-12-14-19(3)15-13-17/h8-15H,4-5H2,1-3H3/q+1. The Bertz CT molecular complexity index is 597. The Hall–Kier alpha value is -2.27. The summed E-state index contributed by atoms with van der Waals surface area (Å²) in [6.45, 7) is 6.41. The van der Waals surface area contributed by atoms with E-state index in [1.165, 1.54) is 5.69 Å². The molecular weight excluding hydrogens is 244 g/mol. The van der Waals surface area contributed by atoms with Crippen LogP contribution >= 0.6 is 0 Å². The third-order valence-corrected chi connectivity index (χ3v) is 3.33. The molecule has 0 saturated carbocycles. The van der Waals surface area contributed by atoms with Crippen LogP contribution in [0.25, 0.3) is 0 Å². The predicted molar refractivity (Wildman–Crippen MR) is 83.6 cm³/mol. The average Bonchev–Trinajstić information content (AvgIpc) is 2.49. The Morgan fingerprint density at radius 3 is 1.85 bits per heavy atom. The van der Waals surface area contributed by atoms with Crippen molar-refractivity contribution in [3.05, 3.63) is 59.9 Å². The first kappa shape index (κ1) is 14.1. The fourth-order valence-corrected chi connectivity index (χ4v) is 2.07. The van der Waals surface area contributed by atoms with Crippen LogP contribution < -0.4 is 9.47 Å². The van der Waals surface area contributed by atoms with Crippen LogP contribution in [0.2, 0.25) is 0 Å². The van der Waals surface area contributed by atoms with E-state index >= 15 is 0 Å². The molecule has 0 aliphatic carbocycles. The predicted octanol–water partition coefficient (Wildman–Crippen LogP) is 2.76. The number of benzene rings is 1. The molecule has 0 bridgehead atoms. The van der Waals surface area contributed by atoms with Crippen molar-refractivity contribution in [2.24, 2.45) is 7.05 Å². The number of nitrogens with zero attached hydrogens (tertiary/aromatic N) is 2. The van der Waals surface area contributed by atoms with Crippen molar-refractivity contribution in [3.8, 4) is 11.8 Å². The van der Waals surface area contributed by atoms with Gasteiger partial charge in [0, 0.05) is 42.0 Å². The summed E-state index contributed by atoms with van der Waals surface area (Å²) < 4.78 is 2.00. The molecule has 0 radical (unpaired) electrons. The Morgan fingerprint density at radius 1 is 0.850 bits per heavy atom. The molecule has 0 aliphatic heterocycles. The average molecular weight is 265 g/mol. The van der Waals surface area contributed by atoms with E-state index < -0.39 is 0 Å². The van der Waals surface area contributed by atoms with Crippen LogP contribution in [-0.4, -0.2) is 13.1 Å². The van der Waals surface area contributed by atoms with Crippen molar-refractivity contribution in [1.82, 2.24) is 0 Å². The number of pyridine rings is 1. The second kappa shape index (κ2) is 6.77. The second-order valence-corrected chi connectivity index (χ2v) is 4.72. The number of rotatable bonds is 3. The maximum absolute atomic E-state index is 3.20. The van der Waals surface area contributed by atoms with Crippen molar-refractivity contribution in [1.29, 1.82) is 0 Å². The fourth-order valence-electron chi connectivity index (χ4n) is 2.07. The lowest BCUT2D eigenvalue weighted by Crippen LogP contribution is -2.25. The summed E-state index contributed by atoms with van der Waals surface area (Å²) in [7, 11) is 2.00. The van der Waals surface area contributed by atoms with E-state index in [1.807, 2.05) is 36.1 Å². The van der Waals surface area contributed by atoms with Crippen molar-refractivity contribution >= 4 is 5.69 Å². The summed E-state index contributed by atoms with van der Waals surface area (Å²) >= 11 is 0. The lowest BCUT2D eigenvalue weighted by molar-refractivity contribution is -0.671. The van der Waals surface area contributed by atoms with Crippen LogP contribution in [0.15, 0.2) is 48.8 Å². The van der Waals surface area contributed by atoms with Gasteiger partial charge >= 0.3 is 0 Å². The molecule has 2 rings (SSSR count). The molecule has 0 N–H and O–H groups in total. The quantitative estimate of drug-likeness (QED) is 0.611. The Kier molecular flexibility index (Phi) is 4.79. The van der Waals surface area contributed by atoms with Gasteiger partial charge in [-0.15, -0.1) is 0 Å². The summed E-state index contributed by atoms with van der Waals surface area (Å²) in [6, 6.07) is 12.5. The van der Waals surface area contributed by atoms with E-state index in [0.29, 0.717) is 0 Å². The monoisotopic (exact) mass is 265 g/mol. The van der Waals surface area contributed by atoms with Crippen molar-refractivity contribution < 1.29 is 4.57 Å². The molecule has 0 atom stereocenters. The molecule has 102 valence electrons. The SMILES string of the molecule is CCN(CC)c1ccc(C#Cc2cc[n+](C)cc2)cc1. The molecule has 0 spiro atoms. The molecule has 0 amide bonds. The highest BCUT2D eigenvalue weighted by molar-refractivity contribution is 5.51. The van der Waals surface area contributed by atoms with Gasteiger partial charge in [-0.25, -0.2) is 4.57 Å². The van der Waals surface area contributed by atoms with Crippen molar-refractivity contribution in [3.63, 3.8) is 0 Å². The molecule has 0 fully saturated rings. The van der Waals surface area contributed by atoms with Gasteiger partial charge in [-0.3, -0.25) is 0 Å². The smallest absolute Gasteiger partial charge is 0.169 e. The highest BCUT2D eigenvalue weighted by atomic mass is 15.1. The highest BCUT2D eigenvalue weighted by Gasteiger charge is 2.00. The van der Waals surface area contributed by atoms with Crippen molar-refractivity contribution in [2.75, 3.05) is 18.0 Å². The van der Waals surface area contributed by atoms with Gasteiger partial charge in [0.1, 0.15) is 7.05 Å². The summed E-state index contributed by atoms with van der Waals surface area (Å²) in [5, 5.41) is 0. The minimum absolute atomic E-state index is 1.03. The molecule has 2 heteroatoms.